The number of ether oxygens (including phenoxy) is 1. The molecule has 9 heteroatoms. The zero-order valence-electron chi connectivity index (χ0n) is 16.1. The van der Waals surface area contributed by atoms with Gasteiger partial charge in [0.25, 0.3) is 0 Å². The van der Waals surface area contributed by atoms with E-state index in [-0.39, 0.29) is 17.6 Å². The molecule has 1 aromatic carbocycles. The summed E-state index contributed by atoms with van der Waals surface area (Å²) in [6, 6.07) is 5.53. The lowest BCUT2D eigenvalue weighted by molar-refractivity contribution is 0.0974. The number of anilines is 1. The Balaban J connectivity index is 1.40. The SMILES string of the molecule is C[C@H]1OCC2(CCN(c3cnc4c(cnn4-c4cccc(Cl)c4Cl)n3)CC2)[C@@H]1N. The third-order valence-corrected chi connectivity index (χ3v) is 7.16. The van der Waals surface area contributed by atoms with Crippen LogP contribution in [0.15, 0.2) is 30.6 Å². The maximum atomic E-state index is 6.42. The molecule has 152 valence electrons. The second-order valence-corrected chi connectivity index (χ2v) is 8.74. The lowest BCUT2D eigenvalue weighted by Crippen LogP contribution is -2.50. The first-order chi connectivity index (χ1) is 14.0. The van der Waals surface area contributed by atoms with Gasteiger partial charge in [-0.05, 0) is 31.9 Å². The Hall–Kier alpha value is -1.93. The molecule has 0 bridgehead atoms. The van der Waals surface area contributed by atoms with Crippen LogP contribution >= 0.6 is 23.2 Å². The first kappa shape index (κ1) is 19.1. The molecule has 0 amide bonds. The van der Waals surface area contributed by atoms with Crippen molar-refractivity contribution >= 4 is 40.2 Å². The summed E-state index contributed by atoms with van der Waals surface area (Å²) in [7, 11) is 0. The molecule has 7 nitrogen and oxygen atoms in total. The fraction of sp³-hybridized carbons (Fsp3) is 0.450. The summed E-state index contributed by atoms with van der Waals surface area (Å²) in [5, 5.41) is 5.34. The molecule has 2 atom stereocenters. The zero-order valence-corrected chi connectivity index (χ0v) is 17.6. The molecular formula is C20H22Cl2N6O. The van der Waals surface area contributed by atoms with Crippen molar-refractivity contribution in [1.82, 2.24) is 19.7 Å². The highest BCUT2D eigenvalue weighted by molar-refractivity contribution is 6.43. The number of nitrogens with two attached hydrogens (primary N) is 1. The van der Waals surface area contributed by atoms with Crippen LogP contribution in [-0.4, -0.2) is 51.6 Å². The monoisotopic (exact) mass is 432 g/mol. The minimum atomic E-state index is 0.0850. The molecule has 3 aromatic rings. The van der Waals surface area contributed by atoms with Gasteiger partial charge in [0.15, 0.2) is 5.65 Å². The Morgan fingerprint density at radius 1 is 1.21 bits per heavy atom. The fourth-order valence-electron chi connectivity index (χ4n) is 4.44. The molecular weight excluding hydrogens is 411 g/mol. The molecule has 2 fully saturated rings. The van der Waals surface area contributed by atoms with Crippen LogP contribution in [0.25, 0.3) is 16.9 Å². The van der Waals surface area contributed by atoms with Gasteiger partial charge in [-0.3, -0.25) is 0 Å². The maximum absolute atomic E-state index is 6.42. The van der Waals surface area contributed by atoms with Gasteiger partial charge < -0.3 is 15.4 Å². The Kier molecular flexibility index (Phi) is 4.66. The highest BCUT2D eigenvalue weighted by Crippen LogP contribution is 2.41. The number of halogens is 2. The number of hydrogen-bond donors (Lipinski definition) is 1. The minimum absolute atomic E-state index is 0.0850. The summed E-state index contributed by atoms with van der Waals surface area (Å²) in [5.41, 5.74) is 8.55. The largest absolute Gasteiger partial charge is 0.376 e. The van der Waals surface area contributed by atoms with E-state index in [1.54, 1.807) is 23.1 Å². The molecule has 1 spiro atoms. The van der Waals surface area contributed by atoms with E-state index < -0.39 is 0 Å². The van der Waals surface area contributed by atoms with Crippen molar-refractivity contribution in [3.63, 3.8) is 0 Å². The van der Waals surface area contributed by atoms with E-state index in [9.17, 15) is 0 Å². The van der Waals surface area contributed by atoms with Gasteiger partial charge in [-0.2, -0.15) is 5.10 Å². The highest BCUT2D eigenvalue weighted by atomic mass is 35.5. The Bertz CT molecular complexity index is 1060. The van der Waals surface area contributed by atoms with Crippen molar-refractivity contribution < 1.29 is 4.74 Å². The topological polar surface area (TPSA) is 82.1 Å². The Labute approximate surface area is 178 Å². The average molecular weight is 433 g/mol. The second-order valence-electron chi connectivity index (χ2n) is 7.96. The van der Waals surface area contributed by atoms with Gasteiger partial charge >= 0.3 is 0 Å². The smallest absolute Gasteiger partial charge is 0.181 e. The van der Waals surface area contributed by atoms with Gasteiger partial charge in [0.1, 0.15) is 11.3 Å². The number of rotatable bonds is 2. The van der Waals surface area contributed by atoms with E-state index in [1.807, 2.05) is 12.1 Å². The van der Waals surface area contributed by atoms with Crippen LogP contribution in [0.2, 0.25) is 10.0 Å². The predicted molar refractivity (Wildman–Crippen MR) is 114 cm³/mol. The van der Waals surface area contributed by atoms with Crippen molar-refractivity contribution in [2.75, 3.05) is 24.6 Å². The molecule has 2 aliphatic heterocycles. The van der Waals surface area contributed by atoms with Gasteiger partial charge in [0.2, 0.25) is 0 Å². The predicted octanol–water partition coefficient (Wildman–Crippen LogP) is 3.45. The Morgan fingerprint density at radius 3 is 2.72 bits per heavy atom. The van der Waals surface area contributed by atoms with Crippen LogP contribution in [-0.2, 0) is 4.74 Å². The van der Waals surface area contributed by atoms with Gasteiger partial charge in [0, 0.05) is 24.5 Å². The molecule has 2 saturated heterocycles. The number of nitrogens with zero attached hydrogens (tertiary/aromatic N) is 5. The molecule has 0 unspecified atom stereocenters. The normalized spacial score (nSPS) is 23.9. The Morgan fingerprint density at radius 2 is 2.00 bits per heavy atom. The summed E-state index contributed by atoms with van der Waals surface area (Å²) in [6.07, 6.45) is 5.62. The summed E-state index contributed by atoms with van der Waals surface area (Å²) in [5.74, 6) is 0.852. The molecule has 2 aliphatic rings. The van der Waals surface area contributed by atoms with Crippen LogP contribution < -0.4 is 10.6 Å². The van der Waals surface area contributed by atoms with Gasteiger partial charge in [-0.1, -0.05) is 29.3 Å². The number of fused-ring (bicyclic) bond motifs is 1. The first-order valence-electron chi connectivity index (χ1n) is 9.76. The molecule has 2 aromatic heterocycles. The van der Waals surface area contributed by atoms with Gasteiger partial charge in [0.05, 0.1) is 40.8 Å². The number of aromatic nitrogens is 4. The van der Waals surface area contributed by atoms with E-state index >= 15 is 0 Å². The average Bonchev–Trinajstić information content (AvgIpc) is 3.27. The number of benzene rings is 1. The van der Waals surface area contributed by atoms with Crippen LogP contribution in [0, 0.1) is 5.41 Å². The molecule has 29 heavy (non-hydrogen) atoms. The van der Waals surface area contributed by atoms with Gasteiger partial charge in [-0.15, -0.1) is 0 Å². The highest BCUT2D eigenvalue weighted by Gasteiger charge is 2.47. The molecule has 0 saturated carbocycles. The van der Waals surface area contributed by atoms with Crippen LogP contribution in [0.1, 0.15) is 19.8 Å². The van der Waals surface area contributed by atoms with Crippen LogP contribution in [0.3, 0.4) is 0 Å². The summed E-state index contributed by atoms with van der Waals surface area (Å²) < 4.78 is 7.49. The van der Waals surface area contributed by atoms with Crippen molar-refractivity contribution in [2.24, 2.45) is 11.1 Å². The third-order valence-electron chi connectivity index (χ3n) is 6.35. The van der Waals surface area contributed by atoms with E-state index in [1.165, 1.54) is 0 Å². The number of hydrogen-bond acceptors (Lipinski definition) is 6. The van der Waals surface area contributed by atoms with Crippen molar-refractivity contribution in [3.05, 3.63) is 40.6 Å². The fourth-order valence-corrected chi connectivity index (χ4v) is 4.82. The third kappa shape index (κ3) is 3.08. The lowest BCUT2D eigenvalue weighted by Gasteiger charge is -2.41. The molecule has 0 radical (unpaired) electrons. The van der Waals surface area contributed by atoms with Crippen molar-refractivity contribution in [1.29, 1.82) is 0 Å². The molecule has 2 N–H and O–H groups in total. The molecule has 5 rings (SSSR count). The quantitative estimate of drug-likeness (QED) is 0.667. The first-order valence-corrected chi connectivity index (χ1v) is 10.5. The van der Waals surface area contributed by atoms with E-state index in [0.29, 0.717) is 26.9 Å². The van der Waals surface area contributed by atoms with Crippen molar-refractivity contribution in [2.45, 2.75) is 31.9 Å². The van der Waals surface area contributed by atoms with Crippen LogP contribution in [0.4, 0.5) is 5.82 Å². The molecule has 0 aliphatic carbocycles. The summed E-state index contributed by atoms with van der Waals surface area (Å²) in [6.45, 7) is 4.59. The summed E-state index contributed by atoms with van der Waals surface area (Å²) >= 11 is 12.5. The van der Waals surface area contributed by atoms with Crippen molar-refractivity contribution in [3.8, 4) is 5.69 Å². The zero-order chi connectivity index (χ0) is 20.2. The molecule has 4 heterocycles. The summed E-state index contributed by atoms with van der Waals surface area (Å²) in [4.78, 5) is 11.7. The maximum Gasteiger partial charge on any atom is 0.181 e. The minimum Gasteiger partial charge on any atom is -0.376 e. The van der Waals surface area contributed by atoms with E-state index in [0.717, 1.165) is 38.4 Å². The van der Waals surface area contributed by atoms with Gasteiger partial charge in [-0.25, -0.2) is 14.6 Å². The second kappa shape index (κ2) is 7.09. The van der Waals surface area contributed by atoms with E-state index in [2.05, 4.69) is 21.9 Å². The van der Waals surface area contributed by atoms with E-state index in [4.69, 9.17) is 38.7 Å². The lowest BCUT2D eigenvalue weighted by atomic mass is 9.73. The van der Waals surface area contributed by atoms with Crippen LogP contribution in [0.5, 0.6) is 0 Å². The standard InChI is InChI=1S/C20H22Cl2N6O/c1-12-18(23)20(11-29-12)5-7-27(8-6-20)16-10-24-19-14(26-16)9-25-28(19)15-4-2-3-13(21)17(15)22/h2-4,9-10,12,18H,5-8,11,23H2,1H3/t12-,18-/m1/s1. The number of piperidine rings is 1.